The summed E-state index contributed by atoms with van der Waals surface area (Å²) in [6.45, 7) is 7.32. The van der Waals surface area contributed by atoms with Crippen LogP contribution in [0.25, 0.3) is 0 Å². The number of esters is 1. The van der Waals surface area contributed by atoms with Crippen molar-refractivity contribution in [3.63, 3.8) is 0 Å². The fraction of sp³-hybridized carbons (Fsp3) is 0.632. The minimum atomic E-state index is -0.364. The van der Waals surface area contributed by atoms with Gasteiger partial charge in [-0.2, -0.15) is 0 Å². The van der Waals surface area contributed by atoms with E-state index >= 15 is 0 Å². The predicted octanol–water partition coefficient (Wildman–Crippen LogP) is 3.58. The molecule has 0 radical (unpaired) electrons. The molecule has 0 bridgehead atoms. The average Bonchev–Trinajstić information content (AvgIpc) is 2.54. The summed E-state index contributed by atoms with van der Waals surface area (Å²) in [5.41, 5.74) is 6.82. The van der Waals surface area contributed by atoms with E-state index in [2.05, 4.69) is 25.7 Å². The van der Waals surface area contributed by atoms with Crippen LogP contribution >= 0.6 is 0 Å². The summed E-state index contributed by atoms with van der Waals surface area (Å²) in [5, 5.41) is 0. The molecule has 0 aromatic heterocycles. The van der Waals surface area contributed by atoms with E-state index in [4.69, 9.17) is 15.2 Å². The molecule has 0 aliphatic rings. The molecule has 0 saturated heterocycles. The van der Waals surface area contributed by atoms with Gasteiger partial charge < -0.3 is 20.1 Å². The van der Waals surface area contributed by atoms with Gasteiger partial charge in [-0.05, 0) is 38.6 Å². The Morgan fingerprint density at radius 2 is 2.00 bits per heavy atom. The minimum Gasteiger partial charge on any atom is -0.493 e. The molecule has 2 N–H and O–H groups in total. The summed E-state index contributed by atoms with van der Waals surface area (Å²) in [6.07, 6.45) is 3.00. The SMILES string of the molecule is CCCCOc1cc(N)ccc1C(=O)OC[C@H](C(C)CC)N(C)C. The Morgan fingerprint density at radius 3 is 2.58 bits per heavy atom. The first kappa shape index (κ1) is 20.3. The largest absolute Gasteiger partial charge is 0.493 e. The number of hydrogen-bond acceptors (Lipinski definition) is 5. The number of ether oxygens (including phenoxy) is 2. The van der Waals surface area contributed by atoms with Crippen molar-refractivity contribution >= 4 is 11.7 Å². The van der Waals surface area contributed by atoms with E-state index in [0.29, 0.717) is 36.1 Å². The molecular formula is C19H32N2O3. The van der Waals surface area contributed by atoms with Crippen LogP contribution in [0.2, 0.25) is 0 Å². The number of carbonyl (C=O) groups excluding carboxylic acids is 1. The minimum absolute atomic E-state index is 0.192. The van der Waals surface area contributed by atoms with Crippen LogP contribution in [0.5, 0.6) is 5.75 Å². The number of hydrogen-bond donors (Lipinski definition) is 1. The standard InChI is InChI=1S/C19H32N2O3/c1-6-8-11-23-18-12-15(20)9-10-16(18)19(22)24-13-17(21(4)5)14(3)7-2/h9-10,12,14,17H,6-8,11,13,20H2,1-5H3/t14?,17-/m1/s1. The summed E-state index contributed by atoms with van der Waals surface area (Å²) < 4.78 is 11.3. The van der Waals surface area contributed by atoms with Crippen molar-refractivity contribution in [2.24, 2.45) is 5.92 Å². The molecule has 1 rings (SSSR count). The number of nitrogens with two attached hydrogens (primary N) is 1. The summed E-state index contributed by atoms with van der Waals surface area (Å²) in [4.78, 5) is 14.6. The molecule has 5 nitrogen and oxygen atoms in total. The second-order valence-corrected chi connectivity index (χ2v) is 6.47. The number of nitrogens with zero attached hydrogens (tertiary/aromatic N) is 1. The quantitative estimate of drug-likeness (QED) is 0.402. The lowest BCUT2D eigenvalue weighted by Gasteiger charge is -2.29. The van der Waals surface area contributed by atoms with E-state index in [-0.39, 0.29) is 12.0 Å². The smallest absolute Gasteiger partial charge is 0.341 e. The fourth-order valence-corrected chi connectivity index (χ4v) is 2.49. The zero-order chi connectivity index (χ0) is 18.1. The Morgan fingerprint density at radius 1 is 1.29 bits per heavy atom. The Labute approximate surface area is 146 Å². The molecule has 0 heterocycles. The maximum absolute atomic E-state index is 12.5. The monoisotopic (exact) mass is 336 g/mol. The number of nitrogen functional groups attached to an aromatic ring is 1. The van der Waals surface area contributed by atoms with Crippen molar-refractivity contribution in [3.05, 3.63) is 23.8 Å². The maximum Gasteiger partial charge on any atom is 0.341 e. The number of carbonyl (C=O) groups is 1. The average molecular weight is 336 g/mol. The van der Waals surface area contributed by atoms with Crippen molar-refractivity contribution in [3.8, 4) is 5.75 Å². The molecule has 0 aliphatic carbocycles. The zero-order valence-electron chi connectivity index (χ0n) is 15.7. The van der Waals surface area contributed by atoms with Crippen LogP contribution in [0.3, 0.4) is 0 Å². The molecule has 1 aromatic rings. The third kappa shape index (κ3) is 6.04. The van der Waals surface area contributed by atoms with Crippen LogP contribution in [0.4, 0.5) is 5.69 Å². The van der Waals surface area contributed by atoms with Gasteiger partial charge in [0.2, 0.25) is 0 Å². The van der Waals surface area contributed by atoms with Gasteiger partial charge in [0, 0.05) is 17.8 Å². The highest BCUT2D eigenvalue weighted by molar-refractivity contribution is 5.93. The number of rotatable bonds is 10. The molecule has 1 unspecified atom stereocenters. The second kappa shape index (κ2) is 10.2. The third-order valence-corrected chi connectivity index (χ3v) is 4.33. The first-order valence-electron chi connectivity index (χ1n) is 8.76. The lowest BCUT2D eigenvalue weighted by molar-refractivity contribution is 0.0332. The Bertz CT molecular complexity index is 517. The Hall–Kier alpha value is -1.75. The molecule has 0 aliphatic heterocycles. The fourth-order valence-electron chi connectivity index (χ4n) is 2.49. The van der Waals surface area contributed by atoms with Gasteiger partial charge in [0.15, 0.2) is 0 Å². The van der Waals surface area contributed by atoms with E-state index < -0.39 is 0 Å². The highest BCUT2D eigenvalue weighted by Gasteiger charge is 2.22. The highest BCUT2D eigenvalue weighted by atomic mass is 16.5. The summed E-state index contributed by atoms with van der Waals surface area (Å²) in [5.74, 6) is 0.578. The lowest BCUT2D eigenvalue weighted by Crippen LogP contribution is -2.38. The van der Waals surface area contributed by atoms with Crippen molar-refractivity contribution < 1.29 is 14.3 Å². The summed E-state index contributed by atoms with van der Waals surface area (Å²) >= 11 is 0. The third-order valence-electron chi connectivity index (χ3n) is 4.33. The van der Waals surface area contributed by atoms with Crippen LogP contribution in [-0.2, 0) is 4.74 Å². The molecular weight excluding hydrogens is 304 g/mol. The highest BCUT2D eigenvalue weighted by Crippen LogP contribution is 2.24. The van der Waals surface area contributed by atoms with Crippen LogP contribution in [0.1, 0.15) is 50.4 Å². The second-order valence-electron chi connectivity index (χ2n) is 6.47. The van der Waals surface area contributed by atoms with Crippen molar-refractivity contribution in [1.82, 2.24) is 4.90 Å². The molecule has 24 heavy (non-hydrogen) atoms. The van der Waals surface area contributed by atoms with Gasteiger partial charge in [0.25, 0.3) is 0 Å². The van der Waals surface area contributed by atoms with E-state index in [1.807, 2.05) is 14.1 Å². The molecule has 0 fully saturated rings. The Kier molecular flexibility index (Phi) is 8.61. The van der Waals surface area contributed by atoms with E-state index in [1.54, 1.807) is 18.2 Å². The number of benzene rings is 1. The van der Waals surface area contributed by atoms with E-state index in [1.165, 1.54) is 0 Å². The van der Waals surface area contributed by atoms with Gasteiger partial charge in [-0.3, -0.25) is 0 Å². The van der Waals surface area contributed by atoms with Crippen LogP contribution in [0, 0.1) is 5.92 Å². The lowest BCUT2D eigenvalue weighted by atomic mass is 9.99. The topological polar surface area (TPSA) is 64.8 Å². The van der Waals surface area contributed by atoms with Crippen molar-refractivity contribution in [2.75, 3.05) is 33.0 Å². The zero-order valence-corrected chi connectivity index (χ0v) is 15.7. The number of likely N-dealkylation sites (N-methyl/N-ethyl adjacent to an activating group) is 1. The molecule has 136 valence electrons. The van der Waals surface area contributed by atoms with Gasteiger partial charge in [-0.25, -0.2) is 4.79 Å². The number of anilines is 1. The molecule has 5 heteroatoms. The van der Waals surface area contributed by atoms with Crippen LogP contribution in [-0.4, -0.2) is 44.2 Å². The van der Waals surface area contributed by atoms with Crippen molar-refractivity contribution in [2.45, 2.75) is 46.1 Å². The van der Waals surface area contributed by atoms with Gasteiger partial charge >= 0.3 is 5.97 Å². The van der Waals surface area contributed by atoms with Crippen LogP contribution < -0.4 is 10.5 Å². The number of unbranched alkanes of at least 4 members (excludes halogenated alkanes) is 1. The molecule has 1 aromatic carbocycles. The maximum atomic E-state index is 12.5. The van der Waals surface area contributed by atoms with E-state index in [9.17, 15) is 4.79 Å². The van der Waals surface area contributed by atoms with Gasteiger partial charge in [-0.1, -0.05) is 33.6 Å². The Balaban J connectivity index is 2.79. The molecule has 0 saturated carbocycles. The van der Waals surface area contributed by atoms with Crippen LogP contribution in [0.15, 0.2) is 18.2 Å². The van der Waals surface area contributed by atoms with Gasteiger partial charge in [0.05, 0.1) is 6.61 Å². The first-order chi connectivity index (χ1) is 11.4. The molecule has 0 spiro atoms. The molecule has 2 atom stereocenters. The normalized spacial score (nSPS) is 13.6. The van der Waals surface area contributed by atoms with Gasteiger partial charge in [-0.15, -0.1) is 0 Å². The van der Waals surface area contributed by atoms with Gasteiger partial charge in [0.1, 0.15) is 17.9 Å². The van der Waals surface area contributed by atoms with E-state index in [0.717, 1.165) is 19.3 Å². The molecule has 0 amide bonds. The first-order valence-corrected chi connectivity index (χ1v) is 8.76. The van der Waals surface area contributed by atoms with Crippen molar-refractivity contribution in [1.29, 1.82) is 0 Å². The predicted molar refractivity (Wildman–Crippen MR) is 98.5 cm³/mol. The summed E-state index contributed by atoms with van der Waals surface area (Å²) in [6, 6.07) is 5.25. The summed E-state index contributed by atoms with van der Waals surface area (Å²) in [7, 11) is 4.01.